The van der Waals surface area contributed by atoms with E-state index in [4.69, 9.17) is 0 Å². The molecule has 0 saturated heterocycles. The number of nitrogens with one attached hydrogen (secondary N) is 2. The predicted octanol–water partition coefficient (Wildman–Crippen LogP) is 4.47. The van der Waals surface area contributed by atoms with Crippen molar-refractivity contribution in [1.29, 1.82) is 0 Å². The number of para-hydroxylation sites is 1. The molecular formula is C27H26N4O3. The van der Waals surface area contributed by atoms with Gasteiger partial charge in [0.1, 0.15) is 0 Å². The van der Waals surface area contributed by atoms with Gasteiger partial charge < -0.3 is 10.6 Å². The molecule has 4 rings (SSSR count). The number of carbonyl (C=O) groups excluding carboxylic acids is 2. The van der Waals surface area contributed by atoms with Gasteiger partial charge in [0.2, 0.25) is 0 Å². The number of anilines is 1. The predicted molar refractivity (Wildman–Crippen MR) is 133 cm³/mol. The molecule has 172 valence electrons. The van der Waals surface area contributed by atoms with Crippen molar-refractivity contribution < 1.29 is 9.59 Å². The number of amides is 2. The first-order valence-corrected chi connectivity index (χ1v) is 11.1. The SMILES string of the molecule is Cc1ccc(CNC(=O)c2ccccc2NC(=O)c2nn(C(C)C)c(=O)c3ccccc23)cc1. The molecule has 4 aromatic rings. The lowest BCUT2D eigenvalue weighted by molar-refractivity contribution is 0.0952. The van der Waals surface area contributed by atoms with Gasteiger partial charge in [0.15, 0.2) is 5.69 Å². The van der Waals surface area contributed by atoms with Crippen molar-refractivity contribution in [2.24, 2.45) is 0 Å². The molecule has 0 fully saturated rings. The molecule has 0 atom stereocenters. The fourth-order valence-corrected chi connectivity index (χ4v) is 3.68. The monoisotopic (exact) mass is 454 g/mol. The molecule has 7 heteroatoms. The highest BCUT2D eigenvalue weighted by atomic mass is 16.2. The maximum absolute atomic E-state index is 13.3. The summed E-state index contributed by atoms with van der Waals surface area (Å²) >= 11 is 0. The van der Waals surface area contributed by atoms with Crippen LogP contribution >= 0.6 is 0 Å². The van der Waals surface area contributed by atoms with Crippen LogP contribution in [0.1, 0.15) is 51.9 Å². The van der Waals surface area contributed by atoms with Gasteiger partial charge in [-0.15, -0.1) is 0 Å². The second-order valence-corrected chi connectivity index (χ2v) is 8.41. The number of nitrogens with zero attached hydrogens (tertiary/aromatic N) is 2. The van der Waals surface area contributed by atoms with E-state index < -0.39 is 5.91 Å². The van der Waals surface area contributed by atoms with Crippen LogP contribution < -0.4 is 16.2 Å². The number of hydrogen-bond donors (Lipinski definition) is 2. The number of fused-ring (bicyclic) bond motifs is 1. The molecule has 1 heterocycles. The first kappa shape index (κ1) is 22.9. The van der Waals surface area contributed by atoms with Gasteiger partial charge in [-0.1, -0.05) is 60.2 Å². The minimum Gasteiger partial charge on any atom is -0.348 e. The maximum Gasteiger partial charge on any atom is 0.276 e. The van der Waals surface area contributed by atoms with E-state index in [-0.39, 0.29) is 23.2 Å². The Labute approximate surface area is 197 Å². The van der Waals surface area contributed by atoms with Crippen LogP contribution in [-0.4, -0.2) is 21.6 Å². The second kappa shape index (κ2) is 9.70. The molecule has 2 amide bonds. The zero-order chi connectivity index (χ0) is 24.2. The largest absolute Gasteiger partial charge is 0.348 e. The lowest BCUT2D eigenvalue weighted by atomic mass is 10.1. The smallest absolute Gasteiger partial charge is 0.276 e. The first-order valence-electron chi connectivity index (χ1n) is 11.1. The molecule has 0 radical (unpaired) electrons. The number of rotatable bonds is 6. The van der Waals surface area contributed by atoms with Gasteiger partial charge >= 0.3 is 0 Å². The molecule has 7 nitrogen and oxygen atoms in total. The number of hydrogen-bond acceptors (Lipinski definition) is 4. The summed E-state index contributed by atoms with van der Waals surface area (Å²) in [6, 6.07) is 21.4. The Balaban J connectivity index is 1.62. The Kier molecular flexibility index (Phi) is 6.54. The molecule has 0 aliphatic carbocycles. The van der Waals surface area contributed by atoms with Crippen molar-refractivity contribution in [2.75, 3.05) is 5.32 Å². The Morgan fingerprint density at radius 3 is 2.24 bits per heavy atom. The maximum atomic E-state index is 13.3. The Morgan fingerprint density at radius 2 is 1.53 bits per heavy atom. The summed E-state index contributed by atoms with van der Waals surface area (Å²) in [5.74, 6) is -0.800. The highest BCUT2D eigenvalue weighted by molar-refractivity contribution is 6.13. The minimum atomic E-state index is -0.496. The van der Waals surface area contributed by atoms with Gasteiger partial charge in [-0.3, -0.25) is 14.4 Å². The molecule has 0 aliphatic heterocycles. The zero-order valence-electron chi connectivity index (χ0n) is 19.3. The molecular weight excluding hydrogens is 428 g/mol. The third kappa shape index (κ3) is 4.73. The molecule has 2 N–H and O–H groups in total. The molecule has 0 unspecified atom stereocenters. The summed E-state index contributed by atoms with van der Waals surface area (Å²) in [4.78, 5) is 39.0. The van der Waals surface area contributed by atoms with Crippen LogP contribution in [0.5, 0.6) is 0 Å². The van der Waals surface area contributed by atoms with E-state index in [1.54, 1.807) is 48.5 Å². The van der Waals surface area contributed by atoms with Gasteiger partial charge in [-0.05, 0) is 44.5 Å². The zero-order valence-corrected chi connectivity index (χ0v) is 19.3. The number of carbonyl (C=O) groups is 2. The van der Waals surface area contributed by atoms with Crippen LogP contribution in [0.15, 0.2) is 77.6 Å². The lowest BCUT2D eigenvalue weighted by Gasteiger charge is -2.15. The van der Waals surface area contributed by atoms with E-state index in [1.807, 2.05) is 45.0 Å². The third-order valence-corrected chi connectivity index (χ3v) is 5.53. The molecule has 1 aromatic heterocycles. The van der Waals surface area contributed by atoms with Crippen LogP contribution in [-0.2, 0) is 6.54 Å². The average molecular weight is 455 g/mol. The topological polar surface area (TPSA) is 93.1 Å². The molecule has 0 saturated carbocycles. The summed E-state index contributed by atoms with van der Waals surface area (Å²) in [6.07, 6.45) is 0. The van der Waals surface area contributed by atoms with E-state index >= 15 is 0 Å². The van der Waals surface area contributed by atoms with Crippen LogP contribution in [0, 0.1) is 6.92 Å². The van der Waals surface area contributed by atoms with Gasteiger partial charge in [0.25, 0.3) is 17.4 Å². The standard InChI is InChI=1S/C27H26N4O3/c1-17(2)31-27(34)21-9-5-4-8-20(21)24(30-31)26(33)29-23-11-7-6-10-22(23)25(32)28-16-19-14-12-18(3)13-15-19/h4-15,17H,16H2,1-3H3,(H,28,32)(H,29,33). The summed E-state index contributed by atoms with van der Waals surface area (Å²) in [7, 11) is 0. The van der Waals surface area contributed by atoms with Gasteiger partial charge in [-0.2, -0.15) is 5.10 Å². The molecule has 0 bridgehead atoms. The Morgan fingerprint density at radius 1 is 0.882 bits per heavy atom. The van der Waals surface area contributed by atoms with Crippen molar-refractivity contribution in [3.63, 3.8) is 0 Å². The number of aromatic nitrogens is 2. The van der Waals surface area contributed by atoms with E-state index in [0.717, 1.165) is 11.1 Å². The van der Waals surface area contributed by atoms with Crippen molar-refractivity contribution in [2.45, 2.75) is 33.4 Å². The van der Waals surface area contributed by atoms with Crippen LogP contribution in [0.2, 0.25) is 0 Å². The summed E-state index contributed by atoms with van der Waals surface area (Å²) in [5.41, 5.74) is 2.70. The minimum absolute atomic E-state index is 0.124. The highest BCUT2D eigenvalue weighted by Crippen LogP contribution is 2.20. The number of benzene rings is 3. The van der Waals surface area contributed by atoms with Crippen LogP contribution in [0.3, 0.4) is 0 Å². The first-order chi connectivity index (χ1) is 16.3. The Hall–Kier alpha value is -4.26. The van der Waals surface area contributed by atoms with Crippen molar-refractivity contribution in [3.8, 4) is 0 Å². The highest BCUT2D eigenvalue weighted by Gasteiger charge is 2.20. The summed E-state index contributed by atoms with van der Waals surface area (Å²) < 4.78 is 1.30. The fourth-order valence-electron chi connectivity index (χ4n) is 3.68. The van der Waals surface area contributed by atoms with Crippen LogP contribution in [0.4, 0.5) is 5.69 Å². The van der Waals surface area contributed by atoms with E-state index in [0.29, 0.717) is 28.6 Å². The lowest BCUT2D eigenvalue weighted by Crippen LogP contribution is -2.29. The van der Waals surface area contributed by atoms with Crippen LogP contribution in [0.25, 0.3) is 10.8 Å². The summed E-state index contributed by atoms with van der Waals surface area (Å²) in [6.45, 7) is 6.04. The van der Waals surface area contributed by atoms with Gasteiger partial charge in [-0.25, -0.2) is 4.68 Å². The van der Waals surface area contributed by atoms with Crippen molar-refractivity contribution >= 4 is 28.3 Å². The third-order valence-electron chi connectivity index (χ3n) is 5.53. The van der Waals surface area contributed by atoms with Gasteiger partial charge in [0.05, 0.1) is 22.7 Å². The molecule has 3 aromatic carbocycles. The number of aryl methyl sites for hydroxylation is 1. The van der Waals surface area contributed by atoms with E-state index in [2.05, 4.69) is 15.7 Å². The fraction of sp³-hybridized carbons (Fsp3) is 0.185. The molecule has 34 heavy (non-hydrogen) atoms. The van der Waals surface area contributed by atoms with E-state index in [1.165, 1.54) is 4.68 Å². The average Bonchev–Trinajstić information content (AvgIpc) is 2.84. The van der Waals surface area contributed by atoms with Gasteiger partial charge in [0, 0.05) is 11.9 Å². The quantitative estimate of drug-likeness (QED) is 0.450. The normalized spacial score (nSPS) is 10.9. The van der Waals surface area contributed by atoms with Crippen molar-refractivity contribution in [3.05, 3.63) is 106 Å². The van der Waals surface area contributed by atoms with Crippen molar-refractivity contribution in [1.82, 2.24) is 15.1 Å². The Bertz CT molecular complexity index is 1420. The molecule has 0 aliphatic rings. The van der Waals surface area contributed by atoms with E-state index in [9.17, 15) is 14.4 Å². The summed E-state index contributed by atoms with van der Waals surface area (Å²) in [5, 5.41) is 10.9. The second-order valence-electron chi connectivity index (χ2n) is 8.41. The molecule has 0 spiro atoms.